The van der Waals surface area contributed by atoms with Crippen LogP contribution in [0.5, 0.6) is 0 Å². The van der Waals surface area contributed by atoms with E-state index < -0.39 is 16.3 Å². The van der Waals surface area contributed by atoms with Gasteiger partial charge < -0.3 is 0 Å². The summed E-state index contributed by atoms with van der Waals surface area (Å²) in [5.41, 5.74) is 0. The van der Waals surface area contributed by atoms with Crippen molar-refractivity contribution in [2.75, 3.05) is 6.54 Å². The second-order valence-corrected chi connectivity index (χ2v) is 3.48. The van der Waals surface area contributed by atoms with Crippen LogP contribution in [0, 0.1) is 0 Å². The third-order valence-electron chi connectivity index (χ3n) is 1.01. The lowest BCUT2D eigenvalue weighted by Gasteiger charge is -2.15. The molecule has 0 radical (unpaired) electrons. The highest BCUT2D eigenvalue weighted by Crippen LogP contribution is 1.99. The number of amides is 2. The first-order valence-corrected chi connectivity index (χ1v) is 4.86. The first-order chi connectivity index (χ1) is 5.43. The van der Waals surface area contributed by atoms with Crippen molar-refractivity contribution in [3.8, 4) is 0 Å². The minimum absolute atomic E-state index is 0.114. The molecule has 0 spiro atoms. The highest BCUT2D eigenvalue weighted by atomic mass is 35.5. The van der Waals surface area contributed by atoms with Gasteiger partial charge in [-0.25, -0.2) is 9.63 Å². The van der Waals surface area contributed by atoms with Crippen LogP contribution in [-0.2, 0) is 10.3 Å². The van der Waals surface area contributed by atoms with Gasteiger partial charge in [-0.1, -0.05) is 6.92 Å². The standard InChI is InChI=1S/C4H9ClN2O4S/c1-2-3-7(4(8)6-5)12(9,10)11/h2-3H2,1H3,(H,6,8)(H,9,10,11). The van der Waals surface area contributed by atoms with E-state index in [0.29, 0.717) is 6.42 Å². The molecule has 72 valence electrons. The molecule has 0 rings (SSSR count). The molecule has 6 nitrogen and oxygen atoms in total. The zero-order valence-electron chi connectivity index (χ0n) is 6.32. The van der Waals surface area contributed by atoms with Crippen LogP contribution in [0.25, 0.3) is 0 Å². The molecule has 0 heterocycles. The zero-order chi connectivity index (χ0) is 9.78. The van der Waals surface area contributed by atoms with Crippen molar-refractivity contribution in [2.45, 2.75) is 13.3 Å². The summed E-state index contributed by atoms with van der Waals surface area (Å²) in [4.78, 5) is 12.3. The normalized spacial score (nSPS) is 10.9. The third-order valence-corrected chi connectivity index (χ3v) is 2.08. The molecule has 0 atom stereocenters. The van der Waals surface area contributed by atoms with E-state index in [9.17, 15) is 13.2 Å². The molecule has 0 bridgehead atoms. The van der Waals surface area contributed by atoms with E-state index in [1.807, 2.05) is 0 Å². The molecule has 0 unspecified atom stereocenters. The average molecular weight is 217 g/mol. The smallest absolute Gasteiger partial charge is 0.269 e. The Balaban J connectivity index is 4.56. The minimum Gasteiger partial charge on any atom is -0.269 e. The van der Waals surface area contributed by atoms with Gasteiger partial charge in [-0.05, 0) is 6.42 Å². The number of halogens is 1. The maximum Gasteiger partial charge on any atom is 0.363 e. The molecule has 0 aromatic heterocycles. The summed E-state index contributed by atoms with van der Waals surface area (Å²) in [6.45, 7) is 1.54. The average Bonchev–Trinajstić information content (AvgIpc) is 1.96. The number of hydrogen-bond acceptors (Lipinski definition) is 3. The fraction of sp³-hybridized carbons (Fsp3) is 0.750. The fourth-order valence-corrected chi connectivity index (χ4v) is 1.39. The number of carbonyl (C=O) groups is 1. The van der Waals surface area contributed by atoms with Gasteiger partial charge in [0.2, 0.25) is 0 Å². The van der Waals surface area contributed by atoms with Crippen LogP contribution in [-0.4, -0.2) is 29.9 Å². The SMILES string of the molecule is CCCN(C(=O)NCl)S(=O)(=O)O. The van der Waals surface area contributed by atoms with Crippen LogP contribution in [0.4, 0.5) is 4.79 Å². The van der Waals surface area contributed by atoms with E-state index in [4.69, 9.17) is 16.3 Å². The third kappa shape index (κ3) is 3.24. The number of rotatable bonds is 3. The molecule has 0 aliphatic carbocycles. The Hall–Kier alpha value is -0.530. The zero-order valence-corrected chi connectivity index (χ0v) is 7.89. The second kappa shape index (κ2) is 4.48. The Morgan fingerprint density at radius 3 is 2.42 bits per heavy atom. The van der Waals surface area contributed by atoms with E-state index in [1.54, 1.807) is 11.8 Å². The van der Waals surface area contributed by atoms with Crippen LogP contribution < -0.4 is 4.84 Å². The highest BCUT2D eigenvalue weighted by molar-refractivity contribution is 7.84. The Morgan fingerprint density at radius 1 is 1.67 bits per heavy atom. The summed E-state index contributed by atoms with van der Waals surface area (Å²) in [5.74, 6) is 0. The van der Waals surface area contributed by atoms with Crippen molar-refractivity contribution < 1.29 is 17.8 Å². The monoisotopic (exact) mass is 216 g/mol. The van der Waals surface area contributed by atoms with Crippen molar-refractivity contribution in [1.29, 1.82) is 0 Å². The van der Waals surface area contributed by atoms with Crippen molar-refractivity contribution in [3.63, 3.8) is 0 Å². The molecular formula is C4H9ClN2O4S. The molecule has 0 saturated heterocycles. The molecule has 0 saturated carbocycles. The largest absolute Gasteiger partial charge is 0.363 e. The van der Waals surface area contributed by atoms with E-state index in [2.05, 4.69) is 0 Å². The van der Waals surface area contributed by atoms with Gasteiger partial charge >= 0.3 is 16.3 Å². The van der Waals surface area contributed by atoms with E-state index in [-0.39, 0.29) is 10.8 Å². The Morgan fingerprint density at radius 2 is 2.17 bits per heavy atom. The van der Waals surface area contributed by atoms with Crippen LogP contribution in [0.2, 0.25) is 0 Å². The number of hydrogen-bond donors (Lipinski definition) is 2. The lowest BCUT2D eigenvalue weighted by molar-refractivity contribution is 0.225. The molecule has 2 N–H and O–H groups in total. The summed E-state index contributed by atoms with van der Waals surface area (Å²) in [6.07, 6.45) is 0.393. The van der Waals surface area contributed by atoms with Crippen LogP contribution in [0.15, 0.2) is 0 Å². The maximum atomic E-state index is 10.7. The maximum absolute atomic E-state index is 10.7. The van der Waals surface area contributed by atoms with Crippen molar-refractivity contribution in [2.24, 2.45) is 0 Å². The molecule has 2 amide bonds. The lowest BCUT2D eigenvalue weighted by atomic mass is 10.5. The van der Waals surface area contributed by atoms with Gasteiger partial charge in [0.05, 0.1) is 0 Å². The second-order valence-electron chi connectivity index (χ2n) is 1.95. The topological polar surface area (TPSA) is 86.7 Å². The highest BCUT2D eigenvalue weighted by Gasteiger charge is 2.23. The predicted molar refractivity (Wildman–Crippen MR) is 42.9 cm³/mol. The van der Waals surface area contributed by atoms with E-state index in [0.717, 1.165) is 0 Å². The van der Waals surface area contributed by atoms with E-state index >= 15 is 0 Å². The van der Waals surface area contributed by atoms with Gasteiger partial charge in [-0.3, -0.25) is 4.55 Å². The lowest BCUT2D eigenvalue weighted by Crippen LogP contribution is -2.40. The molecule has 0 aromatic carbocycles. The van der Waals surface area contributed by atoms with E-state index in [1.165, 1.54) is 0 Å². The van der Waals surface area contributed by atoms with Crippen LogP contribution >= 0.6 is 11.8 Å². The Kier molecular flexibility index (Phi) is 4.29. The van der Waals surface area contributed by atoms with Gasteiger partial charge in [0.15, 0.2) is 0 Å². The summed E-state index contributed by atoms with van der Waals surface area (Å²) >= 11 is 4.87. The summed E-state index contributed by atoms with van der Waals surface area (Å²) in [7, 11) is -4.50. The summed E-state index contributed by atoms with van der Waals surface area (Å²) in [6, 6.07) is -1.07. The first-order valence-electron chi connectivity index (χ1n) is 3.09. The Bertz CT molecular complexity index is 252. The minimum atomic E-state index is -4.50. The number of nitrogens with one attached hydrogen (secondary N) is 1. The van der Waals surface area contributed by atoms with Crippen molar-refractivity contribution >= 4 is 28.1 Å². The van der Waals surface area contributed by atoms with Gasteiger partial charge in [-0.15, -0.1) is 0 Å². The fourth-order valence-electron chi connectivity index (χ4n) is 0.572. The van der Waals surface area contributed by atoms with Gasteiger partial charge in [-0.2, -0.15) is 12.7 Å². The number of urea groups is 1. The van der Waals surface area contributed by atoms with Crippen LogP contribution in [0.1, 0.15) is 13.3 Å². The number of nitrogens with zero attached hydrogens (tertiary/aromatic N) is 1. The molecule has 0 aliphatic rings. The molecule has 0 aliphatic heterocycles. The van der Waals surface area contributed by atoms with Crippen LogP contribution in [0.3, 0.4) is 0 Å². The summed E-state index contributed by atoms with van der Waals surface area (Å²) < 4.78 is 29.7. The Labute approximate surface area is 75.5 Å². The van der Waals surface area contributed by atoms with Gasteiger partial charge in [0, 0.05) is 18.3 Å². The van der Waals surface area contributed by atoms with Crippen molar-refractivity contribution in [3.05, 3.63) is 0 Å². The molecule has 0 fully saturated rings. The molecule has 8 heteroatoms. The van der Waals surface area contributed by atoms with Gasteiger partial charge in [0.25, 0.3) is 0 Å². The molecular weight excluding hydrogens is 208 g/mol. The number of carbonyl (C=O) groups excluding carboxylic acids is 1. The first kappa shape index (κ1) is 11.5. The molecule has 0 aromatic rings. The van der Waals surface area contributed by atoms with Gasteiger partial charge in [0.1, 0.15) is 0 Å². The summed E-state index contributed by atoms with van der Waals surface area (Å²) in [5, 5.41) is 0. The quantitative estimate of drug-likeness (QED) is 0.527. The van der Waals surface area contributed by atoms with Crippen molar-refractivity contribution in [1.82, 2.24) is 9.14 Å². The molecule has 12 heavy (non-hydrogen) atoms. The predicted octanol–water partition coefficient (Wildman–Crippen LogP) is 0.365.